The first kappa shape index (κ1) is 20.2. The molecule has 0 bridgehead atoms. The van der Waals surface area contributed by atoms with Gasteiger partial charge in [-0.3, -0.25) is 9.78 Å². The molecule has 1 aliphatic rings. The van der Waals surface area contributed by atoms with E-state index >= 15 is 0 Å². The lowest BCUT2D eigenvalue weighted by molar-refractivity contribution is 0.496. The number of nitrogens with zero attached hydrogens (tertiary/aromatic N) is 5. The van der Waals surface area contributed by atoms with Gasteiger partial charge >= 0.3 is 0 Å². The Labute approximate surface area is 181 Å². The lowest BCUT2D eigenvalue weighted by atomic mass is 9.99. The quantitative estimate of drug-likeness (QED) is 0.447. The summed E-state index contributed by atoms with van der Waals surface area (Å²) >= 11 is 0. The molecule has 5 rings (SSSR count). The summed E-state index contributed by atoms with van der Waals surface area (Å²) in [6, 6.07) is 6.35. The number of aryl methyl sites for hydroxylation is 2. The predicted molar refractivity (Wildman–Crippen MR) is 113 cm³/mol. The van der Waals surface area contributed by atoms with E-state index in [0.29, 0.717) is 48.3 Å². The molecule has 9 heteroatoms. The molecule has 6 nitrogen and oxygen atoms in total. The lowest BCUT2D eigenvalue weighted by Crippen LogP contribution is -2.33. The fourth-order valence-corrected chi connectivity index (χ4v) is 4.05. The molecule has 32 heavy (non-hydrogen) atoms. The Kier molecular flexibility index (Phi) is 4.69. The standard InChI is InChI=1S/C23H18F3N5O/c1-12-5-21-28-13(2)6-22(32)31(21)29-23(12)30-4-3-20-15(11-30)7-14(10-27-20)16-8-18(25)19(26)9-17(16)24/h5-10H,3-4,11H2,1-2H3. The number of pyridine rings is 1. The van der Waals surface area contributed by atoms with Gasteiger partial charge < -0.3 is 4.90 Å². The number of anilines is 1. The van der Waals surface area contributed by atoms with Crippen LogP contribution in [-0.4, -0.2) is 26.1 Å². The highest BCUT2D eigenvalue weighted by Crippen LogP contribution is 2.30. The van der Waals surface area contributed by atoms with Gasteiger partial charge in [-0.15, -0.1) is 5.10 Å². The summed E-state index contributed by atoms with van der Waals surface area (Å²) in [7, 11) is 0. The number of hydrogen-bond donors (Lipinski definition) is 0. The number of rotatable bonds is 2. The number of hydrogen-bond acceptors (Lipinski definition) is 5. The summed E-state index contributed by atoms with van der Waals surface area (Å²) in [6.07, 6.45) is 2.09. The van der Waals surface area contributed by atoms with Crippen LogP contribution in [-0.2, 0) is 13.0 Å². The van der Waals surface area contributed by atoms with Gasteiger partial charge in [-0.05, 0) is 43.2 Å². The lowest BCUT2D eigenvalue weighted by Gasteiger charge is -2.30. The zero-order valence-corrected chi connectivity index (χ0v) is 17.4. The summed E-state index contributed by atoms with van der Waals surface area (Å²) < 4.78 is 42.5. The highest BCUT2D eigenvalue weighted by molar-refractivity contribution is 5.65. The van der Waals surface area contributed by atoms with Gasteiger partial charge in [0.2, 0.25) is 0 Å². The van der Waals surface area contributed by atoms with Crippen LogP contribution in [0.4, 0.5) is 19.0 Å². The smallest absolute Gasteiger partial charge is 0.274 e. The van der Waals surface area contributed by atoms with Crippen LogP contribution < -0.4 is 10.5 Å². The van der Waals surface area contributed by atoms with E-state index < -0.39 is 17.5 Å². The maximum atomic E-state index is 14.3. The third-order valence-corrected chi connectivity index (χ3v) is 5.60. The maximum Gasteiger partial charge on any atom is 0.274 e. The Balaban J connectivity index is 1.54. The van der Waals surface area contributed by atoms with E-state index in [4.69, 9.17) is 0 Å². The van der Waals surface area contributed by atoms with Gasteiger partial charge in [-0.25, -0.2) is 18.2 Å². The molecule has 1 aliphatic heterocycles. The van der Waals surface area contributed by atoms with Crippen molar-refractivity contribution < 1.29 is 13.2 Å². The monoisotopic (exact) mass is 437 g/mol. The molecular weight excluding hydrogens is 419 g/mol. The van der Waals surface area contributed by atoms with Crippen LogP contribution in [0.5, 0.6) is 0 Å². The molecule has 0 spiro atoms. The molecule has 0 radical (unpaired) electrons. The van der Waals surface area contributed by atoms with Gasteiger partial charge in [0.1, 0.15) is 5.82 Å². The second kappa shape index (κ2) is 7.44. The molecule has 4 aromatic rings. The molecule has 1 aromatic carbocycles. The molecule has 0 saturated heterocycles. The second-order valence-electron chi connectivity index (χ2n) is 7.90. The molecule has 3 aromatic heterocycles. The van der Waals surface area contributed by atoms with Crippen molar-refractivity contribution in [3.8, 4) is 11.1 Å². The molecule has 0 amide bonds. The zero-order chi connectivity index (χ0) is 22.6. The van der Waals surface area contributed by atoms with E-state index in [2.05, 4.69) is 15.1 Å². The van der Waals surface area contributed by atoms with E-state index in [9.17, 15) is 18.0 Å². The molecule has 0 aliphatic carbocycles. The molecular formula is C23H18F3N5O. The Morgan fingerprint density at radius 2 is 1.75 bits per heavy atom. The predicted octanol–water partition coefficient (Wildman–Crippen LogP) is 3.75. The van der Waals surface area contributed by atoms with Crippen LogP contribution in [0.25, 0.3) is 16.8 Å². The third-order valence-electron chi connectivity index (χ3n) is 5.60. The van der Waals surface area contributed by atoms with Gasteiger partial charge in [-0.2, -0.15) is 4.52 Å². The summed E-state index contributed by atoms with van der Waals surface area (Å²) in [6.45, 7) is 4.71. The fraction of sp³-hybridized carbons (Fsp3) is 0.217. The van der Waals surface area contributed by atoms with Crippen LogP contribution in [0.1, 0.15) is 22.5 Å². The first-order chi connectivity index (χ1) is 15.3. The van der Waals surface area contributed by atoms with Crippen LogP contribution >= 0.6 is 0 Å². The second-order valence-corrected chi connectivity index (χ2v) is 7.90. The Morgan fingerprint density at radius 3 is 2.56 bits per heavy atom. The summed E-state index contributed by atoms with van der Waals surface area (Å²) in [5.41, 5.74) is 3.69. The first-order valence-electron chi connectivity index (χ1n) is 10.1. The first-order valence-corrected chi connectivity index (χ1v) is 10.1. The highest BCUT2D eigenvalue weighted by Gasteiger charge is 2.22. The number of benzene rings is 1. The maximum absolute atomic E-state index is 14.3. The van der Waals surface area contributed by atoms with Crippen LogP contribution in [0, 0.1) is 31.3 Å². The Morgan fingerprint density at radius 1 is 0.969 bits per heavy atom. The van der Waals surface area contributed by atoms with Crippen molar-refractivity contribution in [1.82, 2.24) is 19.6 Å². The fourth-order valence-electron chi connectivity index (χ4n) is 4.05. The summed E-state index contributed by atoms with van der Waals surface area (Å²) in [5.74, 6) is -2.57. The highest BCUT2D eigenvalue weighted by atomic mass is 19.2. The molecule has 162 valence electrons. The molecule has 0 saturated carbocycles. The summed E-state index contributed by atoms with van der Waals surface area (Å²) in [5, 5.41) is 4.52. The summed E-state index contributed by atoms with van der Waals surface area (Å²) in [4.78, 5) is 23.2. The van der Waals surface area contributed by atoms with Crippen LogP contribution in [0.15, 0.2) is 41.3 Å². The topological polar surface area (TPSA) is 63.4 Å². The van der Waals surface area contributed by atoms with Crippen molar-refractivity contribution in [3.63, 3.8) is 0 Å². The van der Waals surface area contributed by atoms with Crippen molar-refractivity contribution >= 4 is 11.5 Å². The number of aromatic nitrogens is 4. The SMILES string of the molecule is Cc1cc(=O)n2nc(N3CCc4ncc(-c5cc(F)c(F)cc5F)cc4C3)c(C)cc2n1. The van der Waals surface area contributed by atoms with Crippen molar-refractivity contribution in [2.75, 3.05) is 11.4 Å². The third kappa shape index (κ3) is 3.39. The number of fused-ring (bicyclic) bond motifs is 2. The number of halogens is 3. The molecule has 0 N–H and O–H groups in total. The van der Waals surface area contributed by atoms with Crippen molar-refractivity contribution in [3.05, 3.63) is 86.8 Å². The van der Waals surface area contributed by atoms with E-state index in [0.717, 1.165) is 22.9 Å². The molecule has 0 fully saturated rings. The minimum Gasteiger partial charge on any atom is -0.350 e. The molecule has 0 atom stereocenters. The van der Waals surface area contributed by atoms with E-state index in [-0.39, 0.29) is 11.1 Å². The molecule has 4 heterocycles. The zero-order valence-electron chi connectivity index (χ0n) is 17.4. The molecule has 0 unspecified atom stereocenters. The van der Waals surface area contributed by atoms with E-state index in [1.165, 1.54) is 16.8 Å². The van der Waals surface area contributed by atoms with Crippen molar-refractivity contribution in [2.24, 2.45) is 0 Å². The average molecular weight is 437 g/mol. The van der Waals surface area contributed by atoms with E-state index in [1.54, 1.807) is 13.0 Å². The van der Waals surface area contributed by atoms with Gasteiger partial charge in [0.25, 0.3) is 5.56 Å². The minimum absolute atomic E-state index is 0.0515. The Bertz CT molecular complexity index is 1450. The van der Waals surface area contributed by atoms with Crippen LogP contribution in [0.3, 0.4) is 0 Å². The Hall–Kier alpha value is -3.75. The van der Waals surface area contributed by atoms with Gasteiger partial charge in [-0.1, -0.05) is 0 Å². The van der Waals surface area contributed by atoms with Gasteiger partial charge in [0.15, 0.2) is 23.1 Å². The van der Waals surface area contributed by atoms with Crippen LogP contribution in [0.2, 0.25) is 0 Å². The van der Waals surface area contributed by atoms with Crippen molar-refractivity contribution in [1.29, 1.82) is 0 Å². The normalized spacial score (nSPS) is 13.5. The minimum atomic E-state index is -1.24. The van der Waals surface area contributed by atoms with Gasteiger partial charge in [0.05, 0.1) is 0 Å². The average Bonchev–Trinajstić information content (AvgIpc) is 2.75. The largest absolute Gasteiger partial charge is 0.350 e. The van der Waals surface area contributed by atoms with E-state index in [1.807, 2.05) is 17.9 Å². The van der Waals surface area contributed by atoms with Gasteiger partial charge in [0, 0.05) is 60.4 Å². The van der Waals surface area contributed by atoms with Crippen molar-refractivity contribution in [2.45, 2.75) is 26.8 Å².